The fourth-order valence-electron chi connectivity index (χ4n) is 1.95. The Bertz CT molecular complexity index is 573. The van der Waals surface area contributed by atoms with Gasteiger partial charge in [-0.25, -0.2) is 0 Å². The summed E-state index contributed by atoms with van der Waals surface area (Å²) in [6.45, 7) is 2.22. The molecule has 0 aliphatic heterocycles. The van der Waals surface area contributed by atoms with Gasteiger partial charge in [-0.15, -0.1) is 0 Å². The summed E-state index contributed by atoms with van der Waals surface area (Å²) in [5.74, 6) is 1.16. The molecule has 0 aliphatic carbocycles. The summed E-state index contributed by atoms with van der Waals surface area (Å²) < 4.78 is 4.11. The van der Waals surface area contributed by atoms with Gasteiger partial charge in [0.1, 0.15) is 0 Å². The maximum absolute atomic E-state index is 5.41. The summed E-state index contributed by atoms with van der Waals surface area (Å²) in [6, 6.07) is 6.65. The third kappa shape index (κ3) is 2.77. The maximum Gasteiger partial charge on any atom is 0.178 e. The van der Waals surface area contributed by atoms with E-state index < -0.39 is 0 Å². The molecule has 0 bridgehead atoms. The van der Waals surface area contributed by atoms with Crippen LogP contribution in [0.3, 0.4) is 0 Å². The van der Waals surface area contributed by atoms with Gasteiger partial charge in [0.2, 0.25) is 0 Å². The Kier molecular flexibility index (Phi) is 4.33. The average Bonchev–Trinajstić information content (AvgIpc) is 2.61. The lowest BCUT2D eigenvalue weighted by molar-refractivity contribution is 0.543. The molecule has 0 radical (unpaired) electrons. The van der Waals surface area contributed by atoms with E-state index in [9.17, 15) is 0 Å². The van der Waals surface area contributed by atoms with E-state index in [2.05, 4.69) is 50.8 Å². The molecule has 0 aliphatic rings. The molecule has 2 rings (SSSR count). The number of benzene rings is 1. The molecule has 1 atom stereocenters. The van der Waals surface area contributed by atoms with Crippen LogP contribution in [0.15, 0.2) is 22.7 Å². The van der Waals surface area contributed by atoms with E-state index in [0.717, 1.165) is 26.9 Å². The van der Waals surface area contributed by atoms with E-state index >= 15 is 0 Å². The number of hydrogen-bond acceptors (Lipinski definition) is 2. The predicted octanol–water partition coefficient (Wildman–Crippen LogP) is 4.78. The van der Waals surface area contributed by atoms with Crippen LogP contribution in [0, 0.1) is 4.77 Å². The van der Waals surface area contributed by atoms with Gasteiger partial charge in [-0.3, -0.25) is 0 Å². The third-order valence-corrected chi connectivity index (χ3v) is 4.30. The Morgan fingerprint density at radius 1 is 1.53 bits per heavy atom. The van der Waals surface area contributed by atoms with Crippen molar-refractivity contribution in [3.8, 4) is 0 Å². The molecule has 1 heterocycles. The van der Waals surface area contributed by atoms with Crippen molar-refractivity contribution in [3.05, 3.63) is 27.4 Å². The first-order valence-electron chi connectivity index (χ1n) is 5.52. The lowest BCUT2D eigenvalue weighted by atomic mass is 10.2. The Labute approximate surface area is 119 Å². The lowest BCUT2D eigenvalue weighted by Crippen LogP contribution is -2.06. The molecular formula is C12H15BrN2S2. The van der Waals surface area contributed by atoms with Crippen LogP contribution in [0.25, 0.3) is 11.0 Å². The zero-order valence-corrected chi connectivity index (χ0v) is 13.1. The number of thioether (sulfide) groups is 1. The molecule has 0 amide bonds. The van der Waals surface area contributed by atoms with Gasteiger partial charge in [0.15, 0.2) is 4.77 Å². The minimum Gasteiger partial charge on any atom is -0.331 e. The minimum absolute atomic E-state index is 0.429. The third-order valence-electron chi connectivity index (χ3n) is 2.86. The Morgan fingerprint density at radius 2 is 2.29 bits per heavy atom. The topological polar surface area (TPSA) is 20.7 Å². The summed E-state index contributed by atoms with van der Waals surface area (Å²) in [5.41, 5.74) is 2.28. The van der Waals surface area contributed by atoms with E-state index in [4.69, 9.17) is 12.2 Å². The highest BCUT2D eigenvalue weighted by Gasteiger charge is 2.10. The first-order valence-corrected chi connectivity index (χ1v) is 8.11. The second-order valence-electron chi connectivity index (χ2n) is 4.09. The van der Waals surface area contributed by atoms with Crippen LogP contribution in [0.5, 0.6) is 0 Å². The average molecular weight is 331 g/mol. The second-order valence-corrected chi connectivity index (χ2v) is 6.38. The summed E-state index contributed by atoms with van der Waals surface area (Å²) in [7, 11) is 0. The van der Waals surface area contributed by atoms with Crippen LogP contribution in [-0.4, -0.2) is 21.6 Å². The van der Waals surface area contributed by atoms with E-state index in [-0.39, 0.29) is 0 Å². The molecule has 0 saturated carbocycles. The highest BCUT2D eigenvalue weighted by atomic mass is 79.9. The first kappa shape index (κ1) is 13.2. The van der Waals surface area contributed by atoms with Crippen molar-refractivity contribution in [1.82, 2.24) is 9.55 Å². The molecule has 0 saturated heterocycles. The van der Waals surface area contributed by atoms with E-state index in [1.54, 1.807) is 0 Å². The number of aromatic amines is 1. The summed E-state index contributed by atoms with van der Waals surface area (Å²) in [4.78, 5) is 3.26. The molecular weight excluding hydrogens is 316 g/mol. The van der Waals surface area contributed by atoms with Crippen molar-refractivity contribution in [2.24, 2.45) is 0 Å². The van der Waals surface area contributed by atoms with Crippen LogP contribution in [0.2, 0.25) is 0 Å². The monoisotopic (exact) mass is 330 g/mol. The summed E-state index contributed by atoms with van der Waals surface area (Å²) in [6.07, 6.45) is 3.27. The van der Waals surface area contributed by atoms with Crippen molar-refractivity contribution in [2.75, 3.05) is 12.0 Å². The molecule has 2 nitrogen and oxygen atoms in total. The number of aromatic nitrogens is 2. The van der Waals surface area contributed by atoms with Gasteiger partial charge in [-0.1, -0.05) is 15.9 Å². The molecule has 1 aromatic heterocycles. The highest BCUT2D eigenvalue weighted by molar-refractivity contribution is 9.10. The molecule has 92 valence electrons. The number of imidazole rings is 1. The molecule has 1 unspecified atom stereocenters. The van der Waals surface area contributed by atoms with Gasteiger partial charge in [0, 0.05) is 10.5 Å². The number of fused-ring (bicyclic) bond motifs is 1. The normalized spacial score (nSPS) is 13.1. The zero-order chi connectivity index (χ0) is 12.4. The number of nitrogens with zero attached hydrogens (tertiary/aromatic N) is 1. The van der Waals surface area contributed by atoms with E-state index in [0.29, 0.717) is 6.04 Å². The van der Waals surface area contributed by atoms with Crippen LogP contribution in [0.1, 0.15) is 19.4 Å². The number of rotatable bonds is 4. The van der Waals surface area contributed by atoms with Crippen LogP contribution >= 0.6 is 39.9 Å². The molecule has 1 N–H and O–H groups in total. The van der Waals surface area contributed by atoms with Crippen LogP contribution in [0.4, 0.5) is 0 Å². The van der Waals surface area contributed by atoms with Crippen LogP contribution in [-0.2, 0) is 0 Å². The predicted molar refractivity (Wildman–Crippen MR) is 82.5 cm³/mol. The Morgan fingerprint density at radius 3 is 3.00 bits per heavy atom. The van der Waals surface area contributed by atoms with Gasteiger partial charge in [-0.2, -0.15) is 11.8 Å². The molecule has 2 aromatic rings. The smallest absolute Gasteiger partial charge is 0.178 e. The van der Waals surface area contributed by atoms with Gasteiger partial charge in [-0.05, 0) is 55.8 Å². The number of hydrogen-bond donors (Lipinski definition) is 1. The van der Waals surface area contributed by atoms with Crippen molar-refractivity contribution >= 4 is 50.9 Å². The molecule has 5 heteroatoms. The maximum atomic E-state index is 5.41. The zero-order valence-electron chi connectivity index (χ0n) is 9.87. The van der Waals surface area contributed by atoms with Crippen molar-refractivity contribution < 1.29 is 0 Å². The number of nitrogens with one attached hydrogen (secondary N) is 1. The highest BCUT2D eigenvalue weighted by Crippen LogP contribution is 2.24. The molecule has 0 spiro atoms. The fraction of sp³-hybridized carbons (Fsp3) is 0.417. The summed E-state index contributed by atoms with van der Waals surface area (Å²) in [5, 5.41) is 0. The van der Waals surface area contributed by atoms with E-state index in [1.165, 1.54) is 5.52 Å². The Hall–Kier alpha value is -0.260. The summed E-state index contributed by atoms with van der Waals surface area (Å²) >= 11 is 10.8. The SMILES string of the molecule is CSCCC(C)n1c(=S)[nH]c2ccc(Br)cc21. The number of halogens is 1. The van der Waals surface area contributed by atoms with Gasteiger partial charge in [0.05, 0.1) is 11.0 Å². The number of H-pyrrole nitrogens is 1. The molecule has 0 fully saturated rings. The fourth-order valence-corrected chi connectivity index (χ4v) is 3.26. The minimum atomic E-state index is 0.429. The van der Waals surface area contributed by atoms with Crippen molar-refractivity contribution in [2.45, 2.75) is 19.4 Å². The van der Waals surface area contributed by atoms with E-state index in [1.807, 2.05) is 17.8 Å². The molecule has 17 heavy (non-hydrogen) atoms. The second kappa shape index (κ2) is 5.59. The van der Waals surface area contributed by atoms with Gasteiger partial charge >= 0.3 is 0 Å². The Balaban J connectivity index is 2.48. The first-order chi connectivity index (χ1) is 8.13. The van der Waals surface area contributed by atoms with Crippen molar-refractivity contribution in [3.63, 3.8) is 0 Å². The van der Waals surface area contributed by atoms with Gasteiger partial charge < -0.3 is 9.55 Å². The van der Waals surface area contributed by atoms with Crippen LogP contribution < -0.4 is 0 Å². The lowest BCUT2D eigenvalue weighted by Gasteiger charge is -2.13. The standard InChI is InChI=1S/C12H15BrN2S2/c1-8(5-6-17-2)15-11-7-9(13)3-4-10(11)14-12(15)16/h3-4,7-8H,5-6H2,1-2H3,(H,14,16). The van der Waals surface area contributed by atoms with Gasteiger partial charge in [0.25, 0.3) is 0 Å². The largest absolute Gasteiger partial charge is 0.331 e. The quantitative estimate of drug-likeness (QED) is 0.814. The van der Waals surface area contributed by atoms with Crippen molar-refractivity contribution in [1.29, 1.82) is 0 Å². The molecule has 1 aromatic carbocycles.